The predicted octanol–water partition coefficient (Wildman–Crippen LogP) is 2.05. The fourth-order valence-electron chi connectivity index (χ4n) is 3.57. The third-order valence-electron chi connectivity index (χ3n) is 4.93. The second-order valence-electron chi connectivity index (χ2n) is 7.02. The van der Waals surface area contributed by atoms with Crippen molar-refractivity contribution in [2.24, 2.45) is 7.05 Å². The number of hydrogen-bond donors (Lipinski definition) is 2. The van der Waals surface area contributed by atoms with E-state index in [0.717, 1.165) is 25.0 Å². The van der Waals surface area contributed by atoms with Crippen LogP contribution in [-0.4, -0.2) is 49.1 Å². The standard InChI is InChI=1S/C19H23N7O3/c1-26-16(9-13(25-26)11-28-2)18(27)22-17-10-15(23-24-17)12-4-5-14(8-12)29-19-20-6-3-7-21-19/h3,6-7,9-10,12,14H,4-5,8,11H2,1-2H3,(H2,22,23,24,27)/t12-,14+/m0/s1. The van der Waals surface area contributed by atoms with E-state index in [0.29, 0.717) is 29.8 Å². The molecule has 0 saturated heterocycles. The number of rotatable bonds is 7. The van der Waals surface area contributed by atoms with Crippen LogP contribution in [0.3, 0.4) is 0 Å². The largest absolute Gasteiger partial charge is 0.460 e. The maximum atomic E-state index is 12.5. The maximum absolute atomic E-state index is 12.5. The summed E-state index contributed by atoms with van der Waals surface area (Å²) in [5, 5.41) is 14.3. The van der Waals surface area contributed by atoms with Crippen molar-refractivity contribution >= 4 is 11.7 Å². The first-order valence-corrected chi connectivity index (χ1v) is 9.44. The van der Waals surface area contributed by atoms with Crippen molar-refractivity contribution in [3.63, 3.8) is 0 Å². The average Bonchev–Trinajstić information content (AvgIpc) is 3.43. The summed E-state index contributed by atoms with van der Waals surface area (Å²) in [6.07, 6.45) is 6.13. The fraction of sp³-hybridized carbons (Fsp3) is 0.421. The van der Waals surface area contributed by atoms with E-state index in [2.05, 4.69) is 30.6 Å². The molecule has 1 fully saturated rings. The van der Waals surface area contributed by atoms with Crippen molar-refractivity contribution in [2.75, 3.05) is 12.4 Å². The van der Waals surface area contributed by atoms with Crippen LogP contribution in [-0.2, 0) is 18.4 Å². The van der Waals surface area contributed by atoms with Gasteiger partial charge in [0.25, 0.3) is 5.91 Å². The van der Waals surface area contributed by atoms with Gasteiger partial charge in [0.05, 0.1) is 12.3 Å². The lowest BCUT2D eigenvalue weighted by Gasteiger charge is -2.11. The Morgan fingerprint density at radius 3 is 2.93 bits per heavy atom. The molecule has 29 heavy (non-hydrogen) atoms. The van der Waals surface area contributed by atoms with Gasteiger partial charge in [0.15, 0.2) is 5.82 Å². The third kappa shape index (κ3) is 4.43. The van der Waals surface area contributed by atoms with Gasteiger partial charge in [0.2, 0.25) is 0 Å². The summed E-state index contributed by atoms with van der Waals surface area (Å²) >= 11 is 0. The molecule has 1 aliphatic rings. The molecule has 3 aromatic rings. The molecule has 0 aliphatic heterocycles. The lowest BCUT2D eigenvalue weighted by atomic mass is 10.0. The van der Waals surface area contributed by atoms with E-state index in [-0.39, 0.29) is 17.9 Å². The molecule has 10 heteroatoms. The van der Waals surface area contributed by atoms with Crippen LogP contribution >= 0.6 is 0 Å². The highest BCUT2D eigenvalue weighted by Crippen LogP contribution is 2.35. The van der Waals surface area contributed by atoms with Crippen molar-refractivity contribution in [1.82, 2.24) is 29.9 Å². The molecule has 152 valence electrons. The number of nitrogens with zero attached hydrogens (tertiary/aromatic N) is 5. The van der Waals surface area contributed by atoms with Crippen molar-refractivity contribution in [3.05, 3.63) is 47.7 Å². The van der Waals surface area contributed by atoms with Crippen molar-refractivity contribution in [1.29, 1.82) is 0 Å². The van der Waals surface area contributed by atoms with Crippen LogP contribution < -0.4 is 10.1 Å². The third-order valence-corrected chi connectivity index (χ3v) is 4.93. The van der Waals surface area contributed by atoms with Gasteiger partial charge in [-0.25, -0.2) is 9.97 Å². The maximum Gasteiger partial charge on any atom is 0.316 e. The van der Waals surface area contributed by atoms with E-state index < -0.39 is 0 Å². The first kappa shape index (κ1) is 19.1. The number of ether oxygens (including phenoxy) is 2. The van der Waals surface area contributed by atoms with Crippen LogP contribution in [0.25, 0.3) is 0 Å². The Kier molecular flexibility index (Phi) is 5.52. The van der Waals surface area contributed by atoms with Gasteiger partial charge in [-0.2, -0.15) is 10.2 Å². The quantitative estimate of drug-likeness (QED) is 0.626. The molecule has 0 unspecified atom stereocenters. The highest BCUT2D eigenvalue weighted by molar-refractivity contribution is 6.02. The zero-order chi connectivity index (χ0) is 20.2. The number of aryl methyl sites for hydroxylation is 1. The zero-order valence-corrected chi connectivity index (χ0v) is 16.3. The van der Waals surface area contributed by atoms with Crippen LogP contribution in [0.4, 0.5) is 5.82 Å². The van der Waals surface area contributed by atoms with Crippen LogP contribution in [0, 0.1) is 0 Å². The van der Waals surface area contributed by atoms with E-state index in [9.17, 15) is 4.79 Å². The van der Waals surface area contributed by atoms with E-state index >= 15 is 0 Å². The Hall–Kier alpha value is -3.27. The summed E-state index contributed by atoms with van der Waals surface area (Å²) in [6, 6.07) is 5.74. The zero-order valence-electron chi connectivity index (χ0n) is 16.3. The number of nitrogens with one attached hydrogen (secondary N) is 2. The minimum Gasteiger partial charge on any atom is -0.460 e. The Morgan fingerprint density at radius 1 is 1.31 bits per heavy atom. The molecule has 2 atom stereocenters. The first-order valence-electron chi connectivity index (χ1n) is 9.44. The molecule has 0 radical (unpaired) electrons. The number of hydrogen-bond acceptors (Lipinski definition) is 7. The van der Waals surface area contributed by atoms with E-state index in [1.165, 1.54) is 4.68 Å². The topological polar surface area (TPSA) is 120 Å². The minimum atomic E-state index is -0.269. The van der Waals surface area contributed by atoms with E-state index in [4.69, 9.17) is 9.47 Å². The van der Waals surface area contributed by atoms with E-state index in [1.807, 2.05) is 6.07 Å². The number of carbonyl (C=O) groups excluding carboxylic acids is 1. The number of aromatic amines is 1. The first-order chi connectivity index (χ1) is 14.1. The highest BCUT2D eigenvalue weighted by atomic mass is 16.5. The lowest BCUT2D eigenvalue weighted by Crippen LogP contribution is -2.16. The molecule has 4 rings (SSSR count). The van der Waals surface area contributed by atoms with Crippen molar-refractivity contribution in [2.45, 2.75) is 37.9 Å². The highest BCUT2D eigenvalue weighted by Gasteiger charge is 2.29. The number of anilines is 1. The van der Waals surface area contributed by atoms with Gasteiger partial charge in [0, 0.05) is 44.2 Å². The average molecular weight is 397 g/mol. The molecule has 1 amide bonds. The molecule has 10 nitrogen and oxygen atoms in total. The number of H-pyrrole nitrogens is 1. The molecule has 3 heterocycles. The summed E-state index contributed by atoms with van der Waals surface area (Å²) in [5.41, 5.74) is 2.12. The molecule has 0 aromatic carbocycles. The Balaban J connectivity index is 1.36. The van der Waals surface area contributed by atoms with Gasteiger partial charge in [-0.3, -0.25) is 14.6 Å². The Morgan fingerprint density at radius 2 is 2.14 bits per heavy atom. The van der Waals surface area contributed by atoms with Gasteiger partial charge in [-0.15, -0.1) is 0 Å². The van der Waals surface area contributed by atoms with Gasteiger partial charge >= 0.3 is 6.01 Å². The van der Waals surface area contributed by atoms with Gasteiger partial charge in [-0.05, 0) is 31.4 Å². The van der Waals surface area contributed by atoms with Crippen molar-refractivity contribution < 1.29 is 14.3 Å². The summed E-state index contributed by atoms with van der Waals surface area (Å²) < 4.78 is 12.4. The molecule has 2 N–H and O–H groups in total. The van der Waals surface area contributed by atoms with Gasteiger partial charge in [0.1, 0.15) is 11.8 Å². The summed E-state index contributed by atoms with van der Waals surface area (Å²) in [6.45, 7) is 0.354. The monoisotopic (exact) mass is 397 g/mol. The molecule has 3 aromatic heterocycles. The van der Waals surface area contributed by atoms with Crippen LogP contribution in [0.5, 0.6) is 6.01 Å². The van der Waals surface area contributed by atoms with E-state index in [1.54, 1.807) is 38.7 Å². The second kappa shape index (κ2) is 8.39. The number of methoxy groups -OCH3 is 1. The Labute approximate surface area is 167 Å². The second-order valence-corrected chi connectivity index (χ2v) is 7.02. The van der Waals surface area contributed by atoms with Crippen LogP contribution in [0.2, 0.25) is 0 Å². The van der Waals surface area contributed by atoms with Gasteiger partial charge in [-0.1, -0.05) is 0 Å². The molecule has 1 aliphatic carbocycles. The van der Waals surface area contributed by atoms with Crippen molar-refractivity contribution in [3.8, 4) is 6.01 Å². The SMILES string of the molecule is COCc1cc(C(=O)Nc2cc([C@H]3CC[C@@H](Oc4ncccn4)C3)[nH]n2)n(C)n1. The smallest absolute Gasteiger partial charge is 0.316 e. The summed E-state index contributed by atoms with van der Waals surface area (Å²) in [7, 11) is 3.31. The summed E-state index contributed by atoms with van der Waals surface area (Å²) in [4.78, 5) is 20.8. The van der Waals surface area contributed by atoms with Gasteiger partial charge < -0.3 is 14.8 Å². The summed E-state index contributed by atoms with van der Waals surface area (Å²) in [5.74, 6) is 0.497. The number of amides is 1. The molecule has 1 saturated carbocycles. The Bertz CT molecular complexity index is 969. The lowest BCUT2D eigenvalue weighted by molar-refractivity contribution is 0.101. The number of carbonyl (C=O) groups is 1. The molecular weight excluding hydrogens is 374 g/mol. The minimum absolute atomic E-state index is 0.0670. The molecule has 0 spiro atoms. The molecular formula is C19H23N7O3. The van der Waals surface area contributed by atoms with Crippen LogP contribution in [0.1, 0.15) is 47.1 Å². The normalized spacial score (nSPS) is 18.7. The number of aromatic nitrogens is 6. The predicted molar refractivity (Wildman–Crippen MR) is 104 cm³/mol. The van der Waals surface area contributed by atoms with Crippen LogP contribution in [0.15, 0.2) is 30.6 Å². The fourth-order valence-corrected chi connectivity index (χ4v) is 3.57. The molecule has 0 bridgehead atoms.